The quantitative estimate of drug-likeness (QED) is 0.261. The van der Waals surface area contributed by atoms with Crippen LogP contribution in [0.3, 0.4) is 0 Å². The van der Waals surface area contributed by atoms with Crippen LogP contribution in [0, 0.1) is 18.3 Å². The third-order valence-electron chi connectivity index (χ3n) is 12.4. The van der Waals surface area contributed by atoms with E-state index in [1.54, 1.807) is 18.9 Å². The molecule has 51 heavy (non-hydrogen) atoms. The predicted molar refractivity (Wildman–Crippen MR) is 197 cm³/mol. The summed E-state index contributed by atoms with van der Waals surface area (Å²) in [6.07, 6.45) is 14.4. The van der Waals surface area contributed by atoms with Gasteiger partial charge in [-0.3, -0.25) is 14.4 Å². The van der Waals surface area contributed by atoms with Crippen molar-refractivity contribution < 1.29 is 24.2 Å². The minimum atomic E-state index is -0.836. The average molecular weight is 698 g/mol. The lowest BCUT2D eigenvalue weighted by atomic mass is 9.51. The molecule has 5 aliphatic rings. The van der Waals surface area contributed by atoms with Crippen molar-refractivity contribution in [2.75, 3.05) is 31.6 Å². The van der Waals surface area contributed by atoms with E-state index in [-0.39, 0.29) is 40.4 Å². The van der Waals surface area contributed by atoms with Gasteiger partial charge in [0.1, 0.15) is 17.7 Å². The van der Waals surface area contributed by atoms with Crippen molar-refractivity contribution in [1.29, 1.82) is 0 Å². The molecule has 4 saturated carbocycles. The maximum Gasteiger partial charge on any atom is 0.410 e. The van der Waals surface area contributed by atoms with Crippen LogP contribution >= 0.6 is 0 Å². The lowest BCUT2D eigenvalue weighted by Crippen LogP contribution is -2.62. The minimum absolute atomic E-state index is 0.0406. The SMILES string of the molecule is COc1ccc(C23CCC(CN(c4cc(-c5cnn(C(C)(C)C)c5)ccn4)C(=O)[C@H]4CC[C@H](OC(=O)N5CC(C)(O)C5)CC4)(CC2)CC3)cc1C. The Kier molecular flexibility index (Phi) is 9.22. The third-order valence-corrected chi connectivity index (χ3v) is 12.4. The highest BCUT2D eigenvalue weighted by molar-refractivity contribution is 5.95. The largest absolute Gasteiger partial charge is 0.496 e. The fraction of sp³-hybridized carbons (Fsp3) is 0.610. The Bertz CT molecular complexity index is 1730. The molecule has 1 saturated heterocycles. The number of pyridine rings is 1. The third kappa shape index (κ3) is 7.13. The van der Waals surface area contributed by atoms with E-state index in [1.807, 2.05) is 28.0 Å². The molecule has 0 spiro atoms. The van der Waals surface area contributed by atoms with Gasteiger partial charge >= 0.3 is 6.09 Å². The van der Waals surface area contributed by atoms with Gasteiger partial charge in [-0.1, -0.05) is 12.1 Å². The molecule has 2 bridgehead atoms. The monoisotopic (exact) mass is 697 g/mol. The fourth-order valence-electron chi connectivity index (χ4n) is 9.10. The Labute approximate surface area is 302 Å². The number of aryl methyl sites for hydroxylation is 1. The molecule has 10 heteroatoms. The summed E-state index contributed by atoms with van der Waals surface area (Å²) in [5.41, 5.74) is 3.84. The molecule has 1 aromatic carbocycles. The van der Waals surface area contributed by atoms with Crippen LogP contribution in [0.1, 0.15) is 103 Å². The molecule has 4 aliphatic carbocycles. The van der Waals surface area contributed by atoms with E-state index in [0.717, 1.165) is 55.4 Å². The van der Waals surface area contributed by atoms with E-state index in [4.69, 9.17) is 14.5 Å². The number of carbonyl (C=O) groups is 2. The van der Waals surface area contributed by atoms with Crippen molar-refractivity contribution in [3.05, 3.63) is 60.0 Å². The second-order valence-electron chi connectivity index (χ2n) is 17.3. The maximum atomic E-state index is 14.7. The smallest absolute Gasteiger partial charge is 0.410 e. The summed E-state index contributed by atoms with van der Waals surface area (Å²) in [7, 11) is 1.73. The Morgan fingerprint density at radius 1 is 0.980 bits per heavy atom. The summed E-state index contributed by atoms with van der Waals surface area (Å²) in [4.78, 5) is 35.7. The van der Waals surface area contributed by atoms with Gasteiger partial charge in [0.05, 0.1) is 37.5 Å². The number of benzene rings is 1. The van der Waals surface area contributed by atoms with Crippen LogP contribution in [-0.4, -0.2) is 75.2 Å². The zero-order valence-corrected chi connectivity index (χ0v) is 31.3. The number of aliphatic hydroxyl groups is 1. The van der Waals surface area contributed by atoms with Crippen LogP contribution < -0.4 is 9.64 Å². The zero-order valence-electron chi connectivity index (χ0n) is 31.3. The van der Waals surface area contributed by atoms with Crippen LogP contribution in [0.5, 0.6) is 5.75 Å². The van der Waals surface area contributed by atoms with Gasteiger partial charge in [-0.25, -0.2) is 9.78 Å². The first kappa shape index (κ1) is 35.5. The van der Waals surface area contributed by atoms with Gasteiger partial charge in [-0.2, -0.15) is 5.10 Å². The lowest BCUT2D eigenvalue weighted by Gasteiger charge is -2.55. The summed E-state index contributed by atoms with van der Waals surface area (Å²) < 4.78 is 13.3. The lowest BCUT2D eigenvalue weighted by molar-refractivity contribution is -0.125. The number of amides is 2. The number of aromatic nitrogens is 3. The fourth-order valence-corrected chi connectivity index (χ4v) is 9.10. The standard InChI is InChI=1S/C41H55N5O5/c1-28-21-32(9-12-34(28)50-6)41-17-14-40(15-18-41,16-19-41)27-45(35-22-30(13-20-42-35)31-23-43-46(24-31)38(2,3)4)36(47)29-7-10-33(11-8-29)51-37(48)44-25-39(5,49)26-44/h9,12-13,20-24,29,33,49H,7-8,10-11,14-19,25-27H2,1-6H3/t29-,33-,40?,41?. The number of ether oxygens (including phenoxy) is 2. The van der Waals surface area contributed by atoms with Gasteiger partial charge in [-0.05, 0) is 145 Å². The molecule has 2 amide bonds. The predicted octanol–water partition coefficient (Wildman–Crippen LogP) is 7.40. The van der Waals surface area contributed by atoms with E-state index in [9.17, 15) is 14.7 Å². The Morgan fingerprint density at radius 2 is 1.67 bits per heavy atom. The number of nitrogens with zero attached hydrogens (tertiary/aromatic N) is 5. The number of fused-ring (bicyclic) bond motifs is 3. The number of likely N-dealkylation sites (tertiary alicyclic amines) is 1. The number of carbonyl (C=O) groups excluding carboxylic acids is 2. The van der Waals surface area contributed by atoms with Gasteiger partial charge in [0.2, 0.25) is 5.91 Å². The number of rotatable bonds is 8. The first-order valence-corrected chi connectivity index (χ1v) is 18.8. The Hall–Kier alpha value is -3.92. The van der Waals surface area contributed by atoms with Crippen LogP contribution in [-0.2, 0) is 20.5 Å². The van der Waals surface area contributed by atoms with Gasteiger partial charge in [0.25, 0.3) is 0 Å². The van der Waals surface area contributed by atoms with Gasteiger partial charge in [-0.15, -0.1) is 0 Å². The number of β-amino-alcohol motifs (C(OH)–C–C–N with tert-alkyl or cyclic N) is 1. The van der Waals surface area contributed by atoms with Crippen molar-refractivity contribution in [1.82, 2.24) is 19.7 Å². The molecule has 8 rings (SSSR count). The zero-order chi connectivity index (χ0) is 36.2. The molecular weight excluding hydrogens is 642 g/mol. The first-order chi connectivity index (χ1) is 24.2. The van der Waals surface area contributed by atoms with Crippen molar-refractivity contribution >= 4 is 17.8 Å². The van der Waals surface area contributed by atoms with Gasteiger partial charge < -0.3 is 19.5 Å². The molecule has 5 fully saturated rings. The molecule has 3 heterocycles. The number of hydrogen-bond acceptors (Lipinski definition) is 7. The molecule has 2 aromatic heterocycles. The minimum Gasteiger partial charge on any atom is -0.496 e. The van der Waals surface area contributed by atoms with Crippen molar-refractivity contribution in [2.24, 2.45) is 11.3 Å². The molecule has 0 radical (unpaired) electrons. The first-order valence-electron chi connectivity index (χ1n) is 18.8. The maximum absolute atomic E-state index is 14.7. The molecule has 1 aliphatic heterocycles. The molecule has 0 unspecified atom stereocenters. The topological polar surface area (TPSA) is 110 Å². The Balaban J connectivity index is 1.10. The van der Waals surface area contributed by atoms with Crippen molar-refractivity contribution in [3.8, 4) is 16.9 Å². The summed E-state index contributed by atoms with van der Waals surface area (Å²) in [6, 6.07) is 10.8. The molecule has 3 aromatic rings. The van der Waals surface area contributed by atoms with Gasteiger partial charge in [0.15, 0.2) is 0 Å². The summed E-state index contributed by atoms with van der Waals surface area (Å²) in [5.74, 6) is 1.59. The molecule has 274 valence electrons. The highest BCUT2D eigenvalue weighted by Gasteiger charge is 2.51. The second-order valence-corrected chi connectivity index (χ2v) is 17.3. The highest BCUT2D eigenvalue weighted by Crippen LogP contribution is 2.58. The summed E-state index contributed by atoms with van der Waals surface area (Å²) in [5, 5.41) is 14.7. The van der Waals surface area contributed by atoms with Crippen LogP contribution in [0.15, 0.2) is 48.9 Å². The molecular formula is C41H55N5O5. The normalized spacial score (nSPS) is 27.1. The molecule has 1 N–H and O–H groups in total. The van der Waals surface area contributed by atoms with Gasteiger partial charge in [0, 0.05) is 30.4 Å². The van der Waals surface area contributed by atoms with Crippen molar-refractivity contribution in [2.45, 2.75) is 121 Å². The number of methoxy groups -OCH3 is 1. The van der Waals surface area contributed by atoms with Crippen LogP contribution in [0.25, 0.3) is 11.1 Å². The molecule has 0 atom stereocenters. The Morgan fingerprint density at radius 3 is 2.25 bits per heavy atom. The number of hydrogen-bond donors (Lipinski definition) is 1. The van der Waals surface area contributed by atoms with Crippen LogP contribution in [0.4, 0.5) is 10.6 Å². The van der Waals surface area contributed by atoms with E-state index in [2.05, 4.69) is 63.3 Å². The van der Waals surface area contributed by atoms with E-state index in [0.29, 0.717) is 51.1 Å². The van der Waals surface area contributed by atoms with E-state index >= 15 is 0 Å². The number of anilines is 1. The molecule has 10 nitrogen and oxygen atoms in total. The summed E-state index contributed by atoms with van der Waals surface area (Å²) in [6.45, 7) is 11.5. The van der Waals surface area contributed by atoms with E-state index < -0.39 is 5.60 Å². The van der Waals surface area contributed by atoms with E-state index in [1.165, 1.54) is 11.1 Å². The second kappa shape index (κ2) is 13.2. The summed E-state index contributed by atoms with van der Waals surface area (Å²) >= 11 is 0. The van der Waals surface area contributed by atoms with Crippen molar-refractivity contribution in [3.63, 3.8) is 0 Å². The highest BCUT2D eigenvalue weighted by atomic mass is 16.6. The average Bonchev–Trinajstić information content (AvgIpc) is 3.62. The van der Waals surface area contributed by atoms with Crippen LogP contribution in [0.2, 0.25) is 0 Å².